The number of hydrogen-bond donors (Lipinski definition) is 1. The van der Waals surface area contributed by atoms with Crippen LogP contribution in [0.15, 0.2) is 48.7 Å². The van der Waals surface area contributed by atoms with Gasteiger partial charge in [-0.15, -0.1) is 0 Å². The molecule has 5 heteroatoms. The van der Waals surface area contributed by atoms with Crippen LogP contribution in [0.3, 0.4) is 0 Å². The normalized spacial score (nSPS) is 11.9. The van der Waals surface area contributed by atoms with E-state index in [-0.39, 0.29) is 6.10 Å². The van der Waals surface area contributed by atoms with Crippen LogP contribution in [0.25, 0.3) is 0 Å². The van der Waals surface area contributed by atoms with E-state index in [2.05, 4.69) is 10.3 Å². The van der Waals surface area contributed by atoms with E-state index in [1.165, 1.54) is 0 Å². The Balaban J connectivity index is 2.15. The van der Waals surface area contributed by atoms with Gasteiger partial charge in [0.25, 0.3) is 5.88 Å². The predicted molar refractivity (Wildman–Crippen MR) is 83.8 cm³/mol. The van der Waals surface area contributed by atoms with E-state index < -0.39 is 6.80 Å². The zero-order chi connectivity index (χ0) is 15.6. The topological polar surface area (TPSA) is 43.4 Å². The predicted octanol–water partition coefficient (Wildman–Crippen LogP) is 3.51. The second-order valence-corrected chi connectivity index (χ2v) is 4.68. The number of alkyl halides is 1. The molecule has 0 aliphatic rings. The van der Waals surface area contributed by atoms with Gasteiger partial charge in [0.2, 0.25) is 0 Å². The van der Waals surface area contributed by atoms with Gasteiger partial charge >= 0.3 is 0 Å². The molecule has 0 saturated carbocycles. The quantitative estimate of drug-likeness (QED) is 0.569. The molecule has 22 heavy (non-hydrogen) atoms. The molecule has 0 radical (unpaired) electrons. The van der Waals surface area contributed by atoms with Crippen LogP contribution in [0, 0.1) is 0 Å². The Labute approximate surface area is 130 Å². The van der Waals surface area contributed by atoms with Gasteiger partial charge in [0, 0.05) is 19.2 Å². The minimum atomic E-state index is -0.543. The van der Waals surface area contributed by atoms with Gasteiger partial charge in [-0.1, -0.05) is 30.3 Å². The Hall–Kier alpha value is -2.14. The molecule has 118 valence electrons. The molecule has 0 bridgehead atoms. The minimum Gasteiger partial charge on any atom is -0.480 e. The molecule has 0 fully saturated rings. The molecule has 2 rings (SSSR count). The van der Waals surface area contributed by atoms with Crippen molar-refractivity contribution in [3.8, 4) is 11.6 Å². The molecule has 1 N–H and O–H groups in total. The van der Waals surface area contributed by atoms with Crippen LogP contribution in [0.4, 0.5) is 4.39 Å². The lowest BCUT2D eigenvalue weighted by molar-refractivity contribution is 0.178. The Morgan fingerprint density at radius 1 is 1.18 bits per heavy atom. The third-order valence-electron chi connectivity index (χ3n) is 3.14. The summed E-state index contributed by atoms with van der Waals surface area (Å²) in [5.74, 6) is 1.07. The highest BCUT2D eigenvalue weighted by atomic mass is 18.2. The summed E-state index contributed by atoms with van der Waals surface area (Å²) < 4.78 is 23.8. The summed E-state index contributed by atoms with van der Waals surface area (Å²) in [6.07, 6.45) is 2.12. The van der Waals surface area contributed by atoms with Crippen LogP contribution in [0.5, 0.6) is 11.6 Å². The molecule has 1 aromatic heterocycles. The molecule has 1 atom stereocenters. The third kappa shape index (κ3) is 4.70. The van der Waals surface area contributed by atoms with Crippen LogP contribution in [0.2, 0.25) is 0 Å². The molecule has 4 nitrogen and oxygen atoms in total. The lowest BCUT2D eigenvalue weighted by Crippen LogP contribution is -2.19. The van der Waals surface area contributed by atoms with Crippen molar-refractivity contribution in [1.29, 1.82) is 0 Å². The number of aromatic nitrogens is 1. The summed E-state index contributed by atoms with van der Waals surface area (Å²) >= 11 is 0. The molecule has 0 amide bonds. The lowest BCUT2D eigenvalue weighted by atomic mass is 10.1. The van der Waals surface area contributed by atoms with Gasteiger partial charge in [-0.3, -0.25) is 5.32 Å². The maximum Gasteiger partial charge on any atom is 0.257 e. The van der Waals surface area contributed by atoms with Crippen molar-refractivity contribution in [2.24, 2.45) is 0 Å². The van der Waals surface area contributed by atoms with Crippen LogP contribution >= 0.6 is 0 Å². The Kier molecular flexibility index (Phi) is 6.64. The Morgan fingerprint density at radius 3 is 2.73 bits per heavy atom. The van der Waals surface area contributed by atoms with E-state index in [0.717, 1.165) is 5.56 Å². The maximum atomic E-state index is 12.3. The zero-order valence-electron chi connectivity index (χ0n) is 12.7. The monoisotopic (exact) mass is 303 g/mol. The first-order chi connectivity index (χ1) is 10.8. The number of benzene rings is 1. The first kappa shape index (κ1) is 16.2. The van der Waals surface area contributed by atoms with Crippen LogP contribution in [0.1, 0.15) is 25.0 Å². The van der Waals surface area contributed by atoms with Gasteiger partial charge in [-0.2, -0.15) is 0 Å². The second-order valence-electron chi connectivity index (χ2n) is 4.68. The van der Waals surface area contributed by atoms with E-state index in [1.54, 1.807) is 12.3 Å². The molecule has 1 aromatic carbocycles. The van der Waals surface area contributed by atoms with E-state index >= 15 is 0 Å². The van der Waals surface area contributed by atoms with E-state index in [0.29, 0.717) is 31.2 Å². The van der Waals surface area contributed by atoms with Crippen molar-refractivity contribution >= 4 is 0 Å². The number of rotatable bonds is 9. The molecule has 2 aromatic rings. The number of nitrogens with zero attached hydrogens (tertiary/aromatic N) is 1. The minimum absolute atomic E-state index is 0.191. The van der Waals surface area contributed by atoms with Crippen molar-refractivity contribution in [1.82, 2.24) is 10.3 Å². The van der Waals surface area contributed by atoms with Crippen LogP contribution in [-0.4, -0.2) is 24.9 Å². The van der Waals surface area contributed by atoms with Crippen LogP contribution < -0.4 is 14.8 Å². The molecule has 1 heterocycles. The number of halogens is 1. The van der Waals surface area contributed by atoms with Crippen LogP contribution in [-0.2, 0) is 0 Å². The van der Waals surface area contributed by atoms with Crippen molar-refractivity contribution in [3.05, 3.63) is 54.2 Å². The Morgan fingerprint density at radius 2 is 2.00 bits per heavy atom. The SMILES string of the molecule is CCOc1ncccc1O[C@H](CCNC[18F])c1ccccc1. The smallest absolute Gasteiger partial charge is 0.257 e. The van der Waals surface area contributed by atoms with Gasteiger partial charge in [0.15, 0.2) is 5.75 Å². The molecule has 0 spiro atoms. The van der Waals surface area contributed by atoms with E-state index in [4.69, 9.17) is 9.47 Å². The number of pyridine rings is 1. The molecular formula is C17H21FN2O2. The van der Waals surface area contributed by atoms with Gasteiger partial charge < -0.3 is 9.47 Å². The summed E-state index contributed by atoms with van der Waals surface area (Å²) in [6.45, 7) is 2.41. The summed E-state index contributed by atoms with van der Waals surface area (Å²) in [4.78, 5) is 4.19. The highest BCUT2D eigenvalue weighted by Gasteiger charge is 2.16. The fourth-order valence-electron chi connectivity index (χ4n) is 2.13. The molecule has 0 aliphatic carbocycles. The molecule has 0 saturated heterocycles. The standard InChI is InChI=1S/C17H21FN2O2/c1-2-21-17-16(9-6-11-20-17)22-15(10-12-19-13-18)14-7-4-3-5-8-14/h3-9,11,15,19H,2,10,12-13H2,1H3/t15-/m1/s1/i18-1. The average Bonchev–Trinajstić information content (AvgIpc) is 2.57. The number of hydrogen-bond acceptors (Lipinski definition) is 4. The summed E-state index contributed by atoms with van der Waals surface area (Å²) in [5.41, 5.74) is 1.04. The largest absolute Gasteiger partial charge is 0.480 e. The Bertz CT molecular complexity index is 551. The lowest BCUT2D eigenvalue weighted by Gasteiger charge is -2.20. The van der Waals surface area contributed by atoms with Crippen molar-refractivity contribution in [3.63, 3.8) is 0 Å². The fraction of sp³-hybridized carbons (Fsp3) is 0.353. The molecular weight excluding hydrogens is 282 g/mol. The van der Waals surface area contributed by atoms with E-state index in [1.807, 2.05) is 43.3 Å². The summed E-state index contributed by atoms with van der Waals surface area (Å²) in [6, 6.07) is 13.5. The number of nitrogens with one attached hydrogen (secondary N) is 1. The zero-order valence-corrected chi connectivity index (χ0v) is 12.7. The summed E-state index contributed by atoms with van der Waals surface area (Å²) in [5, 5.41) is 2.68. The third-order valence-corrected chi connectivity index (χ3v) is 3.14. The van der Waals surface area contributed by atoms with Gasteiger partial charge in [-0.05, 0) is 24.6 Å². The first-order valence-corrected chi connectivity index (χ1v) is 7.41. The highest BCUT2D eigenvalue weighted by Crippen LogP contribution is 2.30. The molecule has 0 aliphatic heterocycles. The van der Waals surface area contributed by atoms with Gasteiger partial charge in [-0.25, -0.2) is 9.37 Å². The second kappa shape index (κ2) is 9.00. The van der Waals surface area contributed by atoms with Crippen molar-refractivity contribution < 1.29 is 13.9 Å². The molecule has 0 unspecified atom stereocenters. The van der Waals surface area contributed by atoms with Crippen molar-refractivity contribution in [2.75, 3.05) is 20.0 Å². The van der Waals surface area contributed by atoms with E-state index in [9.17, 15) is 4.39 Å². The van der Waals surface area contributed by atoms with Crippen molar-refractivity contribution in [2.45, 2.75) is 19.4 Å². The average molecular weight is 303 g/mol. The summed E-state index contributed by atoms with van der Waals surface area (Å²) in [7, 11) is 0. The number of ether oxygens (including phenoxy) is 2. The first-order valence-electron chi connectivity index (χ1n) is 7.41. The van der Waals surface area contributed by atoms with Gasteiger partial charge in [0.1, 0.15) is 12.9 Å². The highest BCUT2D eigenvalue weighted by molar-refractivity contribution is 5.33. The van der Waals surface area contributed by atoms with Gasteiger partial charge in [0.05, 0.1) is 6.61 Å². The fourth-order valence-corrected chi connectivity index (χ4v) is 2.13. The maximum absolute atomic E-state index is 12.3.